The maximum absolute atomic E-state index is 5.63. The zero-order chi connectivity index (χ0) is 15.9. The molecule has 0 fully saturated rings. The molecule has 1 heterocycles. The molecule has 1 atom stereocenters. The van der Waals surface area contributed by atoms with Gasteiger partial charge in [-0.2, -0.15) is 0 Å². The van der Waals surface area contributed by atoms with Crippen LogP contribution in [0.1, 0.15) is 30.0 Å². The summed E-state index contributed by atoms with van der Waals surface area (Å²) in [6.45, 7) is 8.85. The van der Waals surface area contributed by atoms with Gasteiger partial charge < -0.3 is 19.2 Å². The molecule has 0 saturated heterocycles. The van der Waals surface area contributed by atoms with Crippen molar-refractivity contribution in [3.05, 3.63) is 60.1 Å². The predicted molar refractivity (Wildman–Crippen MR) is 87.4 cm³/mol. The number of aryl methyl sites for hydroxylation is 1. The summed E-state index contributed by atoms with van der Waals surface area (Å²) in [7, 11) is 1.64. The molecule has 4 nitrogen and oxygen atoms in total. The number of rotatable bonds is 8. The van der Waals surface area contributed by atoms with E-state index in [1.807, 2.05) is 37.3 Å². The Bertz CT molecular complexity index is 619. The van der Waals surface area contributed by atoms with E-state index in [2.05, 4.69) is 18.8 Å². The molecule has 1 aromatic carbocycles. The van der Waals surface area contributed by atoms with Crippen LogP contribution in [0.4, 0.5) is 0 Å². The fourth-order valence-electron chi connectivity index (χ4n) is 2.15. The number of methoxy groups -OCH3 is 1. The monoisotopic (exact) mass is 301 g/mol. The smallest absolute Gasteiger partial charge is 0.161 e. The summed E-state index contributed by atoms with van der Waals surface area (Å²) in [5.74, 6) is 3.31. The molecule has 2 aromatic rings. The summed E-state index contributed by atoms with van der Waals surface area (Å²) >= 11 is 0. The second kappa shape index (κ2) is 7.71. The number of nitrogens with one attached hydrogen (secondary N) is 1. The van der Waals surface area contributed by atoms with Crippen LogP contribution in [0.5, 0.6) is 11.5 Å². The summed E-state index contributed by atoms with van der Waals surface area (Å²) in [6, 6.07) is 10.0. The van der Waals surface area contributed by atoms with Gasteiger partial charge in [0.1, 0.15) is 18.1 Å². The maximum Gasteiger partial charge on any atom is 0.161 e. The normalized spacial score (nSPS) is 12.0. The predicted octanol–water partition coefficient (Wildman–Crippen LogP) is 4.01. The second-order valence-corrected chi connectivity index (χ2v) is 5.14. The molecule has 1 unspecified atom stereocenters. The SMILES string of the molecule is C=CCOc1ccc(CNC(C)c2ccc(C)o2)cc1OC. The molecule has 4 heteroatoms. The third-order valence-corrected chi connectivity index (χ3v) is 3.39. The second-order valence-electron chi connectivity index (χ2n) is 5.14. The third-order valence-electron chi connectivity index (χ3n) is 3.39. The lowest BCUT2D eigenvalue weighted by molar-refractivity contribution is 0.326. The van der Waals surface area contributed by atoms with Gasteiger partial charge in [0.25, 0.3) is 0 Å². The van der Waals surface area contributed by atoms with Gasteiger partial charge in [-0.3, -0.25) is 0 Å². The number of benzene rings is 1. The minimum atomic E-state index is 0.149. The van der Waals surface area contributed by atoms with Crippen molar-refractivity contribution in [2.75, 3.05) is 13.7 Å². The van der Waals surface area contributed by atoms with Crippen molar-refractivity contribution < 1.29 is 13.9 Å². The molecule has 22 heavy (non-hydrogen) atoms. The molecule has 0 amide bonds. The molecular formula is C18H23NO3. The van der Waals surface area contributed by atoms with Crippen LogP contribution in [0, 0.1) is 6.92 Å². The van der Waals surface area contributed by atoms with Gasteiger partial charge >= 0.3 is 0 Å². The van der Waals surface area contributed by atoms with Crippen LogP contribution in [0.3, 0.4) is 0 Å². The third kappa shape index (κ3) is 4.15. The van der Waals surface area contributed by atoms with E-state index < -0.39 is 0 Å². The fraction of sp³-hybridized carbons (Fsp3) is 0.333. The Kier molecular flexibility index (Phi) is 5.67. The van der Waals surface area contributed by atoms with Gasteiger partial charge in [-0.15, -0.1) is 0 Å². The van der Waals surface area contributed by atoms with Gasteiger partial charge in [0, 0.05) is 6.54 Å². The van der Waals surface area contributed by atoms with Gasteiger partial charge in [-0.05, 0) is 43.7 Å². The first-order chi connectivity index (χ1) is 10.6. The molecule has 0 saturated carbocycles. The van der Waals surface area contributed by atoms with Gasteiger partial charge in [0.2, 0.25) is 0 Å². The van der Waals surface area contributed by atoms with Crippen molar-refractivity contribution in [1.82, 2.24) is 5.32 Å². The van der Waals surface area contributed by atoms with Crippen LogP contribution in [0.25, 0.3) is 0 Å². The molecule has 0 aliphatic carbocycles. The summed E-state index contributed by atoms with van der Waals surface area (Å²) in [4.78, 5) is 0. The molecule has 0 radical (unpaired) electrons. The van der Waals surface area contributed by atoms with Gasteiger partial charge in [-0.25, -0.2) is 0 Å². The van der Waals surface area contributed by atoms with Crippen LogP contribution in [-0.4, -0.2) is 13.7 Å². The van der Waals surface area contributed by atoms with E-state index >= 15 is 0 Å². The molecule has 1 N–H and O–H groups in total. The summed E-state index contributed by atoms with van der Waals surface area (Å²) in [5.41, 5.74) is 1.12. The molecule has 0 bridgehead atoms. The standard InChI is InChI=1S/C18H23NO3/c1-5-10-21-17-9-7-15(11-18(17)20-4)12-19-14(3)16-8-6-13(2)22-16/h5-9,11,14,19H,1,10,12H2,2-4H3. The molecule has 0 aliphatic heterocycles. The highest BCUT2D eigenvalue weighted by Gasteiger charge is 2.10. The van der Waals surface area contributed by atoms with Crippen molar-refractivity contribution in [3.8, 4) is 11.5 Å². The highest BCUT2D eigenvalue weighted by Crippen LogP contribution is 2.28. The van der Waals surface area contributed by atoms with Gasteiger partial charge in [0.15, 0.2) is 11.5 Å². The molecule has 2 rings (SSSR count). The van der Waals surface area contributed by atoms with E-state index in [1.165, 1.54) is 0 Å². The van der Waals surface area contributed by atoms with Crippen LogP contribution < -0.4 is 14.8 Å². The fourth-order valence-corrected chi connectivity index (χ4v) is 2.15. The van der Waals surface area contributed by atoms with Crippen molar-refractivity contribution >= 4 is 0 Å². The maximum atomic E-state index is 5.63. The largest absolute Gasteiger partial charge is 0.493 e. The van der Waals surface area contributed by atoms with E-state index in [0.29, 0.717) is 6.61 Å². The first-order valence-electron chi connectivity index (χ1n) is 7.34. The quantitative estimate of drug-likeness (QED) is 0.748. The Labute approximate surface area is 131 Å². The van der Waals surface area contributed by atoms with Crippen LogP contribution in [0.15, 0.2) is 47.4 Å². The number of hydrogen-bond donors (Lipinski definition) is 1. The summed E-state index contributed by atoms with van der Waals surface area (Å²) in [6.07, 6.45) is 1.71. The topological polar surface area (TPSA) is 43.6 Å². The Hall–Kier alpha value is -2.20. The van der Waals surface area contributed by atoms with E-state index in [4.69, 9.17) is 13.9 Å². The van der Waals surface area contributed by atoms with E-state index in [1.54, 1.807) is 13.2 Å². The molecule has 0 spiro atoms. The Balaban J connectivity index is 1.99. The van der Waals surface area contributed by atoms with Crippen molar-refractivity contribution in [1.29, 1.82) is 0 Å². The van der Waals surface area contributed by atoms with Crippen molar-refractivity contribution in [3.63, 3.8) is 0 Å². The van der Waals surface area contributed by atoms with E-state index in [-0.39, 0.29) is 6.04 Å². The highest BCUT2D eigenvalue weighted by molar-refractivity contribution is 5.43. The first kappa shape index (κ1) is 16.2. The number of furan rings is 1. The Morgan fingerprint density at radius 1 is 1.27 bits per heavy atom. The molecule has 118 valence electrons. The van der Waals surface area contributed by atoms with E-state index in [0.717, 1.165) is 35.1 Å². The highest BCUT2D eigenvalue weighted by atomic mass is 16.5. The molecular weight excluding hydrogens is 278 g/mol. The average molecular weight is 301 g/mol. The van der Waals surface area contributed by atoms with Crippen molar-refractivity contribution in [2.24, 2.45) is 0 Å². The lowest BCUT2D eigenvalue weighted by Crippen LogP contribution is -2.17. The minimum absolute atomic E-state index is 0.149. The zero-order valence-corrected chi connectivity index (χ0v) is 13.4. The van der Waals surface area contributed by atoms with E-state index in [9.17, 15) is 0 Å². The van der Waals surface area contributed by atoms with Crippen LogP contribution in [0.2, 0.25) is 0 Å². The van der Waals surface area contributed by atoms with Crippen LogP contribution >= 0.6 is 0 Å². The zero-order valence-electron chi connectivity index (χ0n) is 13.4. The van der Waals surface area contributed by atoms with Crippen molar-refractivity contribution in [2.45, 2.75) is 26.4 Å². The molecule has 1 aromatic heterocycles. The number of hydrogen-bond acceptors (Lipinski definition) is 4. The Morgan fingerprint density at radius 3 is 2.73 bits per heavy atom. The number of ether oxygens (including phenoxy) is 2. The summed E-state index contributed by atoms with van der Waals surface area (Å²) < 4.78 is 16.5. The van der Waals surface area contributed by atoms with Gasteiger partial charge in [-0.1, -0.05) is 18.7 Å². The summed E-state index contributed by atoms with van der Waals surface area (Å²) in [5, 5.41) is 3.44. The van der Waals surface area contributed by atoms with Crippen LogP contribution in [-0.2, 0) is 6.54 Å². The van der Waals surface area contributed by atoms with Gasteiger partial charge in [0.05, 0.1) is 13.2 Å². The average Bonchev–Trinajstić information content (AvgIpc) is 2.97. The minimum Gasteiger partial charge on any atom is -0.493 e. The lowest BCUT2D eigenvalue weighted by atomic mass is 10.1. The first-order valence-corrected chi connectivity index (χ1v) is 7.34. The lowest BCUT2D eigenvalue weighted by Gasteiger charge is -2.14. The molecule has 0 aliphatic rings. The Morgan fingerprint density at radius 2 is 2.09 bits per heavy atom.